The van der Waals surface area contributed by atoms with Gasteiger partial charge in [0.2, 0.25) is 0 Å². The molecule has 0 aromatic carbocycles. The van der Waals surface area contributed by atoms with E-state index >= 15 is 0 Å². The Bertz CT molecular complexity index is 351. The van der Waals surface area contributed by atoms with Gasteiger partial charge in [0.1, 0.15) is 0 Å². The molecule has 4 heteroatoms. The fourth-order valence-corrected chi connectivity index (χ4v) is 2.39. The Balaban J connectivity index is 2.13. The fraction of sp³-hybridized carbons (Fsp3) is 0.583. The van der Waals surface area contributed by atoms with Gasteiger partial charge < -0.3 is 15.5 Å². The average Bonchev–Trinajstić information content (AvgIpc) is 2.65. The van der Waals surface area contributed by atoms with Crippen molar-refractivity contribution >= 4 is 11.4 Å². The van der Waals surface area contributed by atoms with Crippen molar-refractivity contribution in [3.63, 3.8) is 0 Å². The molecule has 4 nitrogen and oxygen atoms in total. The van der Waals surface area contributed by atoms with Gasteiger partial charge in [0, 0.05) is 25.3 Å². The van der Waals surface area contributed by atoms with Gasteiger partial charge >= 0.3 is 0 Å². The molecule has 0 saturated carbocycles. The van der Waals surface area contributed by atoms with Gasteiger partial charge in [0.15, 0.2) is 0 Å². The second-order valence-corrected chi connectivity index (χ2v) is 4.73. The molecule has 1 aliphatic heterocycles. The van der Waals surface area contributed by atoms with Crippen molar-refractivity contribution in [1.29, 1.82) is 0 Å². The number of pyridine rings is 1. The highest BCUT2D eigenvalue weighted by Crippen LogP contribution is 2.26. The fourth-order valence-electron chi connectivity index (χ4n) is 2.39. The third-order valence-corrected chi connectivity index (χ3v) is 3.03. The quantitative estimate of drug-likeness (QED) is 0.831. The molecule has 0 aliphatic carbocycles. The maximum Gasteiger partial charge on any atom is 0.0576 e. The Labute approximate surface area is 97.1 Å². The molecular formula is C12H20N4. The van der Waals surface area contributed by atoms with Crippen molar-refractivity contribution in [2.45, 2.75) is 18.9 Å². The zero-order valence-corrected chi connectivity index (χ0v) is 10.1. The molecule has 0 amide bonds. The zero-order chi connectivity index (χ0) is 11.5. The van der Waals surface area contributed by atoms with Gasteiger partial charge in [-0.15, -0.1) is 0 Å². The van der Waals surface area contributed by atoms with Crippen molar-refractivity contribution in [1.82, 2.24) is 9.88 Å². The number of nitrogen functional groups attached to an aromatic ring is 1. The van der Waals surface area contributed by atoms with E-state index in [-0.39, 0.29) is 0 Å². The standard InChI is InChI=1S/C12H20N4/c1-15(2)9-11-4-3-5-16(11)12-6-10(13)7-14-8-12/h6-8,11H,3-5,9,13H2,1-2H3. The number of rotatable bonds is 3. The Hall–Kier alpha value is -1.29. The van der Waals surface area contributed by atoms with Gasteiger partial charge in [-0.3, -0.25) is 4.98 Å². The van der Waals surface area contributed by atoms with Crippen molar-refractivity contribution in [2.75, 3.05) is 37.8 Å². The summed E-state index contributed by atoms with van der Waals surface area (Å²) in [6.45, 7) is 2.21. The van der Waals surface area contributed by atoms with E-state index in [2.05, 4.69) is 28.9 Å². The molecule has 0 spiro atoms. The van der Waals surface area contributed by atoms with Crippen LogP contribution < -0.4 is 10.6 Å². The Kier molecular flexibility index (Phi) is 3.29. The highest BCUT2D eigenvalue weighted by Gasteiger charge is 2.25. The van der Waals surface area contributed by atoms with Crippen LogP contribution in [0.1, 0.15) is 12.8 Å². The number of anilines is 2. The summed E-state index contributed by atoms with van der Waals surface area (Å²) in [6, 6.07) is 2.61. The molecular weight excluding hydrogens is 200 g/mol. The van der Waals surface area contributed by atoms with E-state index in [1.54, 1.807) is 6.20 Å². The van der Waals surface area contributed by atoms with Crippen LogP contribution in [0.4, 0.5) is 11.4 Å². The highest BCUT2D eigenvalue weighted by molar-refractivity contribution is 5.54. The van der Waals surface area contributed by atoms with Gasteiger partial charge in [-0.05, 0) is 33.0 Å². The third kappa shape index (κ3) is 2.44. The first-order valence-electron chi connectivity index (χ1n) is 5.78. The maximum atomic E-state index is 5.77. The van der Waals surface area contributed by atoms with Crippen molar-refractivity contribution < 1.29 is 0 Å². The van der Waals surface area contributed by atoms with E-state index in [9.17, 15) is 0 Å². The number of aromatic nitrogens is 1. The molecule has 88 valence electrons. The molecule has 1 aromatic rings. The minimum atomic E-state index is 0.596. The second kappa shape index (κ2) is 4.70. The van der Waals surface area contributed by atoms with Crippen LogP contribution in [0.25, 0.3) is 0 Å². The average molecular weight is 220 g/mol. The van der Waals surface area contributed by atoms with E-state index in [4.69, 9.17) is 5.73 Å². The molecule has 2 rings (SSSR count). The van der Waals surface area contributed by atoms with Crippen LogP contribution in [0.3, 0.4) is 0 Å². The summed E-state index contributed by atoms with van der Waals surface area (Å²) >= 11 is 0. The van der Waals surface area contributed by atoms with Gasteiger partial charge in [-0.1, -0.05) is 0 Å². The predicted octanol–water partition coefficient (Wildman–Crippen LogP) is 1.19. The van der Waals surface area contributed by atoms with E-state index < -0.39 is 0 Å². The lowest BCUT2D eigenvalue weighted by Crippen LogP contribution is -2.37. The molecule has 1 atom stereocenters. The van der Waals surface area contributed by atoms with Crippen LogP contribution in [0.2, 0.25) is 0 Å². The SMILES string of the molecule is CN(C)CC1CCCN1c1cncc(N)c1. The third-order valence-electron chi connectivity index (χ3n) is 3.03. The van der Waals surface area contributed by atoms with Crippen LogP contribution in [-0.4, -0.2) is 43.1 Å². The lowest BCUT2D eigenvalue weighted by Gasteiger charge is -2.28. The lowest BCUT2D eigenvalue weighted by molar-refractivity contribution is 0.372. The summed E-state index contributed by atoms with van der Waals surface area (Å²) in [6.07, 6.45) is 6.12. The monoisotopic (exact) mass is 220 g/mol. The number of nitrogens with zero attached hydrogens (tertiary/aromatic N) is 3. The summed E-state index contributed by atoms with van der Waals surface area (Å²) in [5.74, 6) is 0. The van der Waals surface area contributed by atoms with Crippen LogP contribution in [0, 0.1) is 0 Å². The molecule has 2 heterocycles. The van der Waals surface area contributed by atoms with Crippen molar-refractivity contribution in [3.05, 3.63) is 18.5 Å². The van der Waals surface area contributed by atoms with E-state index in [1.807, 2.05) is 12.3 Å². The van der Waals surface area contributed by atoms with E-state index in [0.29, 0.717) is 6.04 Å². The van der Waals surface area contributed by atoms with Crippen LogP contribution >= 0.6 is 0 Å². The first-order chi connectivity index (χ1) is 7.66. The zero-order valence-electron chi connectivity index (χ0n) is 10.1. The van der Waals surface area contributed by atoms with E-state index in [1.165, 1.54) is 12.8 Å². The minimum Gasteiger partial charge on any atom is -0.397 e. The van der Waals surface area contributed by atoms with Crippen LogP contribution in [0.15, 0.2) is 18.5 Å². The number of likely N-dealkylation sites (N-methyl/N-ethyl adjacent to an activating group) is 1. The highest BCUT2D eigenvalue weighted by atomic mass is 15.2. The molecule has 16 heavy (non-hydrogen) atoms. The minimum absolute atomic E-state index is 0.596. The van der Waals surface area contributed by atoms with Gasteiger partial charge in [-0.25, -0.2) is 0 Å². The Morgan fingerprint density at radius 2 is 2.31 bits per heavy atom. The molecule has 1 aliphatic rings. The maximum absolute atomic E-state index is 5.77. The molecule has 1 unspecified atom stereocenters. The molecule has 0 bridgehead atoms. The first-order valence-corrected chi connectivity index (χ1v) is 5.78. The molecule has 0 radical (unpaired) electrons. The Morgan fingerprint density at radius 1 is 1.50 bits per heavy atom. The predicted molar refractivity (Wildman–Crippen MR) is 67.6 cm³/mol. The normalized spacial score (nSPS) is 20.7. The van der Waals surface area contributed by atoms with Gasteiger partial charge in [0.25, 0.3) is 0 Å². The molecule has 1 fully saturated rings. The summed E-state index contributed by atoms with van der Waals surface area (Å²) in [5, 5.41) is 0. The van der Waals surface area contributed by atoms with Crippen molar-refractivity contribution in [3.8, 4) is 0 Å². The van der Waals surface area contributed by atoms with Crippen LogP contribution in [-0.2, 0) is 0 Å². The van der Waals surface area contributed by atoms with Gasteiger partial charge in [0.05, 0.1) is 17.6 Å². The Morgan fingerprint density at radius 3 is 3.00 bits per heavy atom. The molecule has 1 aromatic heterocycles. The number of nitrogens with two attached hydrogens (primary N) is 1. The second-order valence-electron chi connectivity index (χ2n) is 4.73. The van der Waals surface area contributed by atoms with E-state index in [0.717, 1.165) is 24.5 Å². The van der Waals surface area contributed by atoms with Crippen LogP contribution in [0.5, 0.6) is 0 Å². The number of hydrogen-bond donors (Lipinski definition) is 1. The summed E-state index contributed by atoms with van der Waals surface area (Å²) in [7, 11) is 4.24. The van der Waals surface area contributed by atoms with Crippen molar-refractivity contribution in [2.24, 2.45) is 0 Å². The first kappa shape index (κ1) is 11.2. The largest absolute Gasteiger partial charge is 0.397 e. The topological polar surface area (TPSA) is 45.4 Å². The molecule has 2 N–H and O–H groups in total. The summed E-state index contributed by atoms with van der Waals surface area (Å²) in [5.41, 5.74) is 7.67. The summed E-state index contributed by atoms with van der Waals surface area (Å²) < 4.78 is 0. The summed E-state index contributed by atoms with van der Waals surface area (Å²) in [4.78, 5) is 8.82. The smallest absolute Gasteiger partial charge is 0.0576 e. The number of hydrogen-bond acceptors (Lipinski definition) is 4. The molecule has 1 saturated heterocycles. The lowest BCUT2D eigenvalue weighted by atomic mass is 10.2. The van der Waals surface area contributed by atoms with Gasteiger partial charge in [-0.2, -0.15) is 0 Å².